The number of nitrogens with one attached hydrogen (secondary N) is 1. The maximum atomic E-state index is 13.5. The molecule has 42 heavy (non-hydrogen) atoms. The Morgan fingerprint density at radius 3 is 2.55 bits per heavy atom. The largest absolute Gasteiger partial charge is 0.490 e. The Bertz CT molecular complexity index is 1710. The number of hydrogen-bond acceptors (Lipinski definition) is 6. The number of aromatic nitrogens is 2. The first kappa shape index (κ1) is 30.6. The van der Waals surface area contributed by atoms with Crippen molar-refractivity contribution in [2.75, 3.05) is 18.5 Å². The standard InChI is InChI=1S/C32H32BrFN4O4/c1-6-8-21-15-20(16-27(41-7-2)29(21)42-19-28(39)36-24-12-10-23(34)11-13-24)18-35-38-30(40)25-17-22(33)9-14-26(25)37-31(38)32(3,4)5/h6,9-18H,1,7-8,19H2,2-5H3,(H,36,39). The van der Waals surface area contributed by atoms with Gasteiger partial charge >= 0.3 is 0 Å². The summed E-state index contributed by atoms with van der Waals surface area (Å²) in [7, 11) is 0. The fourth-order valence-corrected chi connectivity index (χ4v) is 4.59. The molecule has 0 aliphatic rings. The third kappa shape index (κ3) is 7.30. The first-order valence-electron chi connectivity index (χ1n) is 13.4. The highest BCUT2D eigenvalue weighted by atomic mass is 79.9. The number of halogens is 2. The van der Waals surface area contributed by atoms with E-state index in [2.05, 4.69) is 32.9 Å². The molecule has 1 amide bonds. The summed E-state index contributed by atoms with van der Waals surface area (Å²) >= 11 is 3.43. The van der Waals surface area contributed by atoms with E-state index in [-0.39, 0.29) is 12.2 Å². The first-order valence-corrected chi connectivity index (χ1v) is 14.2. The Labute approximate surface area is 252 Å². The molecule has 0 aliphatic carbocycles. The fraction of sp³-hybridized carbons (Fsp3) is 0.250. The smallest absolute Gasteiger partial charge is 0.282 e. The van der Waals surface area contributed by atoms with Gasteiger partial charge in [0.2, 0.25) is 0 Å². The molecule has 1 heterocycles. The zero-order valence-corrected chi connectivity index (χ0v) is 25.5. The number of carbonyl (C=O) groups is 1. The van der Waals surface area contributed by atoms with E-state index in [4.69, 9.17) is 14.5 Å². The molecule has 218 valence electrons. The number of amides is 1. The van der Waals surface area contributed by atoms with Gasteiger partial charge in [0.1, 0.15) is 11.6 Å². The second-order valence-electron chi connectivity index (χ2n) is 10.5. The molecule has 0 unspecified atom stereocenters. The van der Waals surface area contributed by atoms with Gasteiger partial charge in [0, 0.05) is 21.1 Å². The lowest BCUT2D eigenvalue weighted by molar-refractivity contribution is -0.118. The Morgan fingerprint density at radius 2 is 1.88 bits per heavy atom. The van der Waals surface area contributed by atoms with Gasteiger partial charge in [-0.15, -0.1) is 6.58 Å². The van der Waals surface area contributed by atoms with Gasteiger partial charge in [-0.25, -0.2) is 9.37 Å². The molecule has 8 nitrogen and oxygen atoms in total. The van der Waals surface area contributed by atoms with Crippen molar-refractivity contribution in [2.45, 2.75) is 39.5 Å². The van der Waals surface area contributed by atoms with E-state index in [9.17, 15) is 14.0 Å². The Kier molecular flexibility index (Phi) is 9.57. The summed E-state index contributed by atoms with van der Waals surface area (Å²) in [5, 5.41) is 7.69. The minimum Gasteiger partial charge on any atom is -0.490 e. The molecule has 0 fully saturated rings. The van der Waals surface area contributed by atoms with Crippen molar-refractivity contribution in [3.63, 3.8) is 0 Å². The zero-order valence-electron chi connectivity index (χ0n) is 23.9. The SMILES string of the molecule is C=CCc1cc(C=Nn2c(C(C)(C)C)nc3ccc(Br)cc3c2=O)cc(OCC)c1OCC(=O)Nc1ccc(F)cc1. The van der Waals surface area contributed by atoms with E-state index in [0.29, 0.717) is 52.5 Å². The van der Waals surface area contributed by atoms with Crippen LogP contribution in [0.5, 0.6) is 11.5 Å². The molecule has 0 saturated heterocycles. The normalized spacial score (nSPS) is 11.6. The van der Waals surface area contributed by atoms with Gasteiger partial charge in [0.05, 0.1) is 23.7 Å². The summed E-state index contributed by atoms with van der Waals surface area (Å²) in [6.45, 7) is 11.7. The molecule has 0 spiro atoms. The van der Waals surface area contributed by atoms with Crippen LogP contribution in [-0.4, -0.2) is 35.0 Å². The number of ether oxygens (including phenoxy) is 2. The average Bonchev–Trinajstić information content (AvgIpc) is 2.93. The van der Waals surface area contributed by atoms with Gasteiger partial charge in [-0.2, -0.15) is 9.78 Å². The average molecular weight is 636 g/mol. The molecular weight excluding hydrogens is 603 g/mol. The number of benzene rings is 3. The van der Waals surface area contributed by atoms with Crippen LogP contribution in [0, 0.1) is 5.82 Å². The first-order chi connectivity index (χ1) is 20.0. The van der Waals surface area contributed by atoms with Gasteiger partial charge in [-0.3, -0.25) is 9.59 Å². The van der Waals surface area contributed by atoms with E-state index < -0.39 is 17.1 Å². The van der Waals surface area contributed by atoms with E-state index in [1.54, 1.807) is 30.5 Å². The number of carbonyl (C=O) groups excluding carboxylic acids is 1. The molecule has 1 aromatic heterocycles. The summed E-state index contributed by atoms with van der Waals surface area (Å²) in [6.07, 6.45) is 3.71. The summed E-state index contributed by atoms with van der Waals surface area (Å²) in [4.78, 5) is 30.8. The van der Waals surface area contributed by atoms with Crippen molar-refractivity contribution in [1.82, 2.24) is 9.66 Å². The van der Waals surface area contributed by atoms with Crippen molar-refractivity contribution in [2.24, 2.45) is 5.10 Å². The van der Waals surface area contributed by atoms with E-state index in [1.807, 2.05) is 39.8 Å². The lowest BCUT2D eigenvalue weighted by Crippen LogP contribution is -2.29. The maximum absolute atomic E-state index is 13.5. The second kappa shape index (κ2) is 13.1. The lowest BCUT2D eigenvalue weighted by Gasteiger charge is -2.21. The van der Waals surface area contributed by atoms with Crippen molar-refractivity contribution in [3.05, 3.63) is 105 Å². The number of fused-ring (bicyclic) bond motifs is 1. The molecule has 0 saturated carbocycles. The van der Waals surface area contributed by atoms with Gasteiger partial charge < -0.3 is 14.8 Å². The van der Waals surface area contributed by atoms with E-state index in [0.717, 1.165) is 10.0 Å². The number of anilines is 1. The molecule has 0 radical (unpaired) electrons. The van der Waals surface area contributed by atoms with Crippen LogP contribution in [0.1, 0.15) is 44.6 Å². The van der Waals surface area contributed by atoms with Crippen molar-refractivity contribution < 1.29 is 18.7 Å². The Morgan fingerprint density at radius 1 is 1.14 bits per heavy atom. The van der Waals surface area contributed by atoms with Crippen LogP contribution in [0.4, 0.5) is 10.1 Å². The number of allylic oxidation sites excluding steroid dienone is 1. The third-order valence-electron chi connectivity index (χ3n) is 6.10. The van der Waals surface area contributed by atoms with Crippen LogP contribution in [0.3, 0.4) is 0 Å². The summed E-state index contributed by atoms with van der Waals surface area (Å²) in [5.41, 5.74) is 1.67. The quantitative estimate of drug-likeness (QED) is 0.156. The van der Waals surface area contributed by atoms with Crippen molar-refractivity contribution >= 4 is 44.6 Å². The number of rotatable bonds is 10. The second-order valence-corrected chi connectivity index (χ2v) is 11.4. The monoisotopic (exact) mass is 634 g/mol. The minimum atomic E-state index is -0.464. The summed E-state index contributed by atoms with van der Waals surface area (Å²) in [5.74, 6) is 0.517. The topological polar surface area (TPSA) is 94.8 Å². The van der Waals surface area contributed by atoms with E-state index >= 15 is 0 Å². The lowest BCUT2D eigenvalue weighted by atomic mass is 9.95. The predicted molar refractivity (Wildman–Crippen MR) is 167 cm³/mol. The highest BCUT2D eigenvalue weighted by molar-refractivity contribution is 9.10. The van der Waals surface area contributed by atoms with Crippen LogP contribution in [0.2, 0.25) is 0 Å². The van der Waals surface area contributed by atoms with Crippen molar-refractivity contribution in [1.29, 1.82) is 0 Å². The van der Waals surface area contributed by atoms with Crippen LogP contribution in [-0.2, 0) is 16.6 Å². The van der Waals surface area contributed by atoms with Gasteiger partial charge in [-0.1, -0.05) is 42.8 Å². The minimum absolute atomic E-state index is 0.286. The molecule has 0 atom stereocenters. The molecular formula is C32H32BrFN4O4. The van der Waals surface area contributed by atoms with E-state index in [1.165, 1.54) is 28.9 Å². The van der Waals surface area contributed by atoms with Crippen molar-refractivity contribution in [3.8, 4) is 11.5 Å². The van der Waals surface area contributed by atoms with Crippen LogP contribution in [0.15, 0.2) is 81.6 Å². The summed E-state index contributed by atoms with van der Waals surface area (Å²) in [6, 6.07) is 14.4. The van der Waals surface area contributed by atoms with Crippen LogP contribution < -0.4 is 20.3 Å². The molecule has 3 aromatic carbocycles. The Hall–Kier alpha value is -4.31. The van der Waals surface area contributed by atoms with Crippen LogP contribution in [0.25, 0.3) is 10.9 Å². The zero-order chi connectivity index (χ0) is 30.4. The van der Waals surface area contributed by atoms with Gasteiger partial charge in [0.15, 0.2) is 18.1 Å². The molecule has 4 rings (SSSR count). The predicted octanol–water partition coefficient (Wildman–Crippen LogP) is 6.62. The molecule has 0 bridgehead atoms. The Balaban J connectivity index is 1.69. The summed E-state index contributed by atoms with van der Waals surface area (Å²) < 4.78 is 27.1. The third-order valence-corrected chi connectivity index (χ3v) is 6.59. The highest BCUT2D eigenvalue weighted by Gasteiger charge is 2.23. The number of nitrogens with zero attached hydrogens (tertiary/aromatic N) is 3. The maximum Gasteiger partial charge on any atom is 0.282 e. The van der Waals surface area contributed by atoms with Crippen LogP contribution >= 0.6 is 15.9 Å². The molecule has 0 aliphatic heterocycles. The fourth-order valence-electron chi connectivity index (χ4n) is 4.23. The van der Waals surface area contributed by atoms with Gasteiger partial charge in [-0.05, 0) is 73.5 Å². The van der Waals surface area contributed by atoms with Gasteiger partial charge in [0.25, 0.3) is 11.5 Å². The molecule has 4 aromatic rings. The molecule has 1 N–H and O–H groups in total. The highest BCUT2D eigenvalue weighted by Crippen LogP contribution is 2.34. The number of hydrogen-bond donors (Lipinski definition) is 1. The molecule has 10 heteroatoms.